The number of nitriles is 1. The molecular formula is C4H6N2. The van der Waals surface area contributed by atoms with Crippen molar-refractivity contribution < 1.29 is 0 Å². The Labute approximate surface area is 36.9 Å². The molecule has 0 amide bonds. The smallest absolute Gasteiger partial charge is 0.0959 e. The summed E-state index contributed by atoms with van der Waals surface area (Å²) in [7, 11) is 0. The Morgan fingerprint density at radius 3 is 2.50 bits per heavy atom. The van der Waals surface area contributed by atoms with Crippen LogP contribution in [-0.4, -0.2) is 0 Å². The molecule has 0 bridgehead atoms. The van der Waals surface area contributed by atoms with Gasteiger partial charge in [0.05, 0.1) is 6.07 Å². The van der Waals surface area contributed by atoms with E-state index in [2.05, 4.69) is 0 Å². The molecule has 0 aromatic heterocycles. The van der Waals surface area contributed by atoms with Crippen molar-refractivity contribution in [3.8, 4) is 6.07 Å². The molecule has 0 aromatic carbocycles. The lowest BCUT2D eigenvalue weighted by Gasteiger charge is -1.71. The summed E-state index contributed by atoms with van der Waals surface area (Å²) in [6, 6.07) is 1.85. The fraction of sp³-hybridized carbons (Fsp3) is 0.250. The highest BCUT2D eigenvalue weighted by Gasteiger charge is 1.72. The van der Waals surface area contributed by atoms with Gasteiger partial charge in [-0.15, -0.1) is 0 Å². The summed E-state index contributed by atoms with van der Waals surface area (Å²) in [6.07, 6.45) is 1.28. The van der Waals surface area contributed by atoms with Crippen LogP contribution < -0.4 is 5.73 Å². The number of nitrogens with zero attached hydrogens (tertiary/aromatic N) is 1. The van der Waals surface area contributed by atoms with Gasteiger partial charge in [-0.2, -0.15) is 5.26 Å². The van der Waals surface area contributed by atoms with E-state index in [0.29, 0.717) is 5.57 Å². The molecule has 2 N–H and O–H groups in total. The molecule has 0 saturated carbocycles. The van der Waals surface area contributed by atoms with Crippen LogP contribution in [0.3, 0.4) is 0 Å². The third kappa shape index (κ3) is 1.36. The summed E-state index contributed by atoms with van der Waals surface area (Å²) in [5.74, 6) is 0. The van der Waals surface area contributed by atoms with Crippen molar-refractivity contribution in [3.05, 3.63) is 11.8 Å². The first-order chi connectivity index (χ1) is 2.81. The van der Waals surface area contributed by atoms with Crippen LogP contribution in [0.15, 0.2) is 11.8 Å². The van der Waals surface area contributed by atoms with Gasteiger partial charge in [-0.3, -0.25) is 0 Å². The predicted octanol–water partition coefficient (Wildman–Crippen LogP) is 0.372. The van der Waals surface area contributed by atoms with Gasteiger partial charge >= 0.3 is 0 Å². The fourth-order valence-electron chi connectivity index (χ4n) is 0.0373. The molecular weight excluding hydrogens is 76.1 g/mol. The average molecular weight is 82.1 g/mol. The Hall–Kier alpha value is -0.970. The molecule has 0 aliphatic heterocycles. The Morgan fingerprint density at radius 1 is 2.00 bits per heavy atom. The molecule has 0 saturated heterocycles. The zero-order valence-electron chi connectivity index (χ0n) is 3.60. The summed E-state index contributed by atoms with van der Waals surface area (Å²) < 4.78 is 0. The van der Waals surface area contributed by atoms with Crippen molar-refractivity contribution in [2.45, 2.75) is 6.92 Å². The SMILES string of the molecule is CC(C#N)=CN. The molecule has 0 aliphatic carbocycles. The average Bonchev–Trinajstić information content (AvgIpc) is 1.65. The first-order valence-corrected chi connectivity index (χ1v) is 1.60. The zero-order valence-corrected chi connectivity index (χ0v) is 3.60. The molecule has 0 heterocycles. The third-order valence-corrected chi connectivity index (χ3v) is 0.426. The number of hydrogen-bond acceptors (Lipinski definition) is 2. The van der Waals surface area contributed by atoms with E-state index in [1.807, 2.05) is 6.07 Å². The van der Waals surface area contributed by atoms with Crippen LogP contribution in [-0.2, 0) is 0 Å². The number of rotatable bonds is 0. The monoisotopic (exact) mass is 82.1 g/mol. The van der Waals surface area contributed by atoms with E-state index in [4.69, 9.17) is 11.0 Å². The van der Waals surface area contributed by atoms with Crippen LogP contribution >= 0.6 is 0 Å². The normalized spacial score (nSPS) is 10.3. The number of nitrogens with two attached hydrogens (primary N) is 1. The maximum Gasteiger partial charge on any atom is 0.0959 e. The Balaban J connectivity index is 3.61. The second-order valence-corrected chi connectivity index (χ2v) is 0.961. The summed E-state index contributed by atoms with van der Waals surface area (Å²) >= 11 is 0. The van der Waals surface area contributed by atoms with Crippen LogP contribution in [0.25, 0.3) is 0 Å². The van der Waals surface area contributed by atoms with Crippen molar-refractivity contribution in [3.63, 3.8) is 0 Å². The highest BCUT2D eigenvalue weighted by Crippen LogP contribution is 1.79. The molecule has 0 spiro atoms. The standard InChI is InChI=1S/C4H6N2/c1-4(2-5)3-6/h2H,5H2,1H3. The van der Waals surface area contributed by atoms with Crippen molar-refractivity contribution in [1.82, 2.24) is 0 Å². The van der Waals surface area contributed by atoms with Crippen molar-refractivity contribution in [2.75, 3.05) is 0 Å². The van der Waals surface area contributed by atoms with Gasteiger partial charge in [0.2, 0.25) is 0 Å². The summed E-state index contributed by atoms with van der Waals surface area (Å²) in [5, 5.41) is 7.94. The lowest BCUT2D eigenvalue weighted by Crippen LogP contribution is -1.78. The molecule has 0 aliphatic rings. The number of hydrogen-bond donors (Lipinski definition) is 1. The maximum atomic E-state index is 7.94. The molecule has 0 radical (unpaired) electrons. The highest BCUT2D eigenvalue weighted by molar-refractivity contribution is 5.15. The summed E-state index contributed by atoms with van der Waals surface area (Å²) in [6.45, 7) is 1.65. The molecule has 0 aromatic rings. The zero-order chi connectivity index (χ0) is 4.99. The quantitative estimate of drug-likeness (QED) is 0.429. The molecule has 32 valence electrons. The van der Waals surface area contributed by atoms with Crippen molar-refractivity contribution >= 4 is 0 Å². The lowest BCUT2D eigenvalue weighted by molar-refractivity contribution is 1.40. The van der Waals surface area contributed by atoms with Crippen LogP contribution in [0.1, 0.15) is 6.92 Å². The molecule has 0 fully saturated rings. The van der Waals surface area contributed by atoms with Gasteiger partial charge in [0.25, 0.3) is 0 Å². The fourth-order valence-corrected chi connectivity index (χ4v) is 0.0373. The van der Waals surface area contributed by atoms with Gasteiger partial charge in [-0.05, 0) is 6.92 Å². The topological polar surface area (TPSA) is 49.8 Å². The Bertz CT molecular complexity index is 96.6. The van der Waals surface area contributed by atoms with Crippen LogP contribution in [0.5, 0.6) is 0 Å². The molecule has 0 atom stereocenters. The maximum absolute atomic E-state index is 7.94. The van der Waals surface area contributed by atoms with Gasteiger partial charge in [0.1, 0.15) is 0 Å². The predicted molar refractivity (Wildman–Crippen MR) is 23.6 cm³/mol. The largest absolute Gasteiger partial charge is 0.404 e. The van der Waals surface area contributed by atoms with Crippen molar-refractivity contribution in [1.29, 1.82) is 5.26 Å². The lowest BCUT2D eigenvalue weighted by atomic mass is 10.4. The van der Waals surface area contributed by atoms with Gasteiger partial charge in [-0.1, -0.05) is 0 Å². The molecule has 2 nitrogen and oxygen atoms in total. The minimum atomic E-state index is 0.551. The minimum Gasteiger partial charge on any atom is -0.404 e. The van der Waals surface area contributed by atoms with E-state index in [0.717, 1.165) is 0 Å². The first kappa shape index (κ1) is 5.03. The van der Waals surface area contributed by atoms with E-state index >= 15 is 0 Å². The molecule has 0 rings (SSSR count). The van der Waals surface area contributed by atoms with E-state index in [1.54, 1.807) is 6.92 Å². The summed E-state index contributed by atoms with van der Waals surface area (Å²) in [4.78, 5) is 0. The van der Waals surface area contributed by atoms with Gasteiger partial charge in [-0.25, -0.2) is 0 Å². The van der Waals surface area contributed by atoms with Gasteiger partial charge in [0.15, 0.2) is 0 Å². The Morgan fingerprint density at radius 2 is 2.50 bits per heavy atom. The second kappa shape index (κ2) is 2.28. The molecule has 6 heavy (non-hydrogen) atoms. The van der Waals surface area contributed by atoms with E-state index in [9.17, 15) is 0 Å². The Kier molecular flexibility index (Phi) is 1.91. The van der Waals surface area contributed by atoms with E-state index in [1.165, 1.54) is 6.20 Å². The minimum absolute atomic E-state index is 0.551. The van der Waals surface area contributed by atoms with E-state index < -0.39 is 0 Å². The number of allylic oxidation sites excluding steroid dienone is 1. The van der Waals surface area contributed by atoms with Gasteiger partial charge < -0.3 is 5.73 Å². The summed E-state index contributed by atoms with van der Waals surface area (Å²) in [5.41, 5.74) is 5.45. The van der Waals surface area contributed by atoms with Crippen LogP contribution in [0, 0.1) is 11.3 Å². The third-order valence-electron chi connectivity index (χ3n) is 0.426. The van der Waals surface area contributed by atoms with Crippen LogP contribution in [0.2, 0.25) is 0 Å². The van der Waals surface area contributed by atoms with Crippen molar-refractivity contribution in [2.24, 2.45) is 5.73 Å². The molecule has 2 heteroatoms. The van der Waals surface area contributed by atoms with Crippen LogP contribution in [0.4, 0.5) is 0 Å². The van der Waals surface area contributed by atoms with E-state index in [-0.39, 0.29) is 0 Å². The second-order valence-electron chi connectivity index (χ2n) is 0.961. The highest BCUT2D eigenvalue weighted by atomic mass is 14.5. The van der Waals surface area contributed by atoms with Gasteiger partial charge in [0, 0.05) is 11.8 Å². The first-order valence-electron chi connectivity index (χ1n) is 1.60. The molecule has 0 unspecified atom stereocenters.